The largest absolute Gasteiger partial charge is 0.241 e. The molecule has 1 aliphatic rings. The van der Waals surface area contributed by atoms with Gasteiger partial charge in [-0.3, -0.25) is 0 Å². The minimum atomic E-state index is -3.65. The van der Waals surface area contributed by atoms with Crippen LogP contribution in [0.15, 0.2) is 29.2 Å². The summed E-state index contributed by atoms with van der Waals surface area (Å²) in [5, 5.41) is 9.54. The van der Waals surface area contributed by atoms with Crippen molar-refractivity contribution in [2.24, 2.45) is 0 Å². The lowest BCUT2D eigenvalue weighted by Gasteiger charge is -2.29. The lowest BCUT2D eigenvalue weighted by Crippen LogP contribution is -2.47. The Morgan fingerprint density at radius 3 is 2.10 bits per heavy atom. The Labute approximate surface area is 127 Å². The van der Waals surface area contributed by atoms with Crippen molar-refractivity contribution in [3.8, 4) is 6.07 Å². The predicted octanol–water partition coefficient (Wildman–Crippen LogP) is 3.28. The van der Waals surface area contributed by atoms with Gasteiger partial charge in [-0.2, -0.15) is 9.98 Å². The topological polar surface area (TPSA) is 70.0 Å². The van der Waals surface area contributed by atoms with Crippen molar-refractivity contribution in [2.45, 2.75) is 62.3 Å². The van der Waals surface area contributed by atoms with Gasteiger partial charge in [0.05, 0.1) is 11.0 Å². The van der Waals surface area contributed by atoms with Gasteiger partial charge in [0.2, 0.25) is 10.0 Å². The smallest absolute Gasteiger partial charge is 0.207 e. The third-order valence-corrected chi connectivity index (χ3v) is 5.63. The zero-order valence-corrected chi connectivity index (χ0v) is 13.2. The van der Waals surface area contributed by atoms with Crippen LogP contribution in [0, 0.1) is 18.3 Å². The summed E-state index contributed by atoms with van der Waals surface area (Å²) in [5.41, 5.74) is 0.0549. The molecule has 0 radical (unpaired) electrons. The SMILES string of the molecule is Cc1ccc(S(=O)(=O)NC2(C#N)CCCCCCC2)cc1. The van der Waals surface area contributed by atoms with Crippen molar-refractivity contribution in [3.63, 3.8) is 0 Å². The second kappa shape index (κ2) is 6.59. The van der Waals surface area contributed by atoms with E-state index in [-0.39, 0.29) is 4.90 Å². The summed E-state index contributed by atoms with van der Waals surface area (Å²) in [6.07, 6.45) is 6.27. The van der Waals surface area contributed by atoms with Crippen LogP contribution in [0.4, 0.5) is 0 Å². The van der Waals surface area contributed by atoms with E-state index in [1.165, 1.54) is 6.42 Å². The second-order valence-electron chi connectivity index (χ2n) is 5.88. The zero-order valence-electron chi connectivity index (χ0n) is 12.4. The quantitative estimate of drug-likeness (QED) is 0.931. The Hall–Kier alpha value is -1.38. The number of nitrogens with zero attached hydrogens (tertiary/aromatic N) is 1. The fourth-order valence-electron chi connectivity index (χ4n) is 2.78. The molecule has 114 valence electrons. The van der Waals surface area contributed by atoms with Crippen LogP contribution in [0.2, 0.25) is 0 Å². The summed E-state index contributed by atoms with van der Waals surface area (Å²) in [5.74, 6) is 0. The van der Waals surface area contributed by atoms with Gasteiger partial charge in [0.1, 0.15) is 5.54 Å². The Bertz CT molecular complexity index is 607. The first-order valence-electron chi connectivity index (χ1n) is 7.49. The van der Waals surface area contributed by atoms with Crippen LogP contribution in [-0.2, 0) is 10.0 Å². The maximum absolute atomic E-state index is 12.5. The van der Waals surface area contributed by atoms with Gasteiger partial charge < -0.3 is 0 Å². The third-order valence-electron chi connectivity index (χ3n) is 4.08. The fraction of sp³-hybridized carbons (Fsp3) is 0.562. The molecule has 4 nitrogen and oxygen atoms in total. The number of hydrogen-bond donors (Lipinski definition) is 1. The van der Waals surface area contributed by atoms with E-state index in [2.05, 4.69) is 10.8 Å². The highest BCUT2D eigenvalue weighted by molar-refractivity contribution is 7.89. The second-order valence-corrected chi connectivity index (χ2v) is 7.56. The highest BCUT2D eigenvalue weighted by Crippen LogP contribution is 2.27. The van der Waals surface area contributed by atoms with Crippen molar-refractivity contribution in [3.05, 3.63) is 29.8 Å². The van der Waals surface area contributed by atoms with E-state index in [1.54, 1.807) is 24.3 Å². The number of rotatable bonds is 3. The van der Waals surface area contributed by atoms with Gasteiger partial charge >= 0.3 is 0 Å². The van der Waals surface area contributed by atoms with Crippen LogP contribution in [0.3, 0.4) is 0 Å². The van der Waals surface area contributed by atoms with E-state index >= 15 is 0 Å². The first-order valence-corrected chi connectivity index (χ1v) is 8.98. The van der Waals surface area contributed by atoms with Gasteiger partial charge in [-0.1, -0.05) is 49.8 Å². The van der Waals surface area contributed by atoms with Gasteiger partial charge in [-0.05, 0) is 31.9 Å². The molecule has 0 aliphatic heterocycles. The van der Waals surface area contributed by atoms with Crippen LogP contribution in [0.1, 0.15) is 50.5 Å². The molecule has 0 bridgehead atoms. The average Bonchev–Trinajstić information content (AvgIpc) is 2.42. The molecule has 5 heteroatoms. The van der Waals surface area contributed by atoms with Crippen LogP contribution in [-0.4, -0.2) is 14.0 Å². The molecule has 1 fully saturated rings. The zero-order chi connectivity index (χ0) is 15.3. The summed E-state index contributed by atoms with van der Waals surface area (Å²) in [7, 11) is -3.65. The van der Waals surface area contributed by atoms with Crippen molar-refractivity contribution in [1.29, 1.82) is 5.26 Å². The van der Waals surface area contributed by atoms with E-state index in [0.29, 0.717) is 12.8 Å². The number of sulfonamides is 1. The van der Waals surface area contributed by atoms with Gasteiger partial charge in [0.15, 0.2) is 0 Å². The van der Waals surface area contributed by atoms with Crippen molar-refractivity contribution in [2.75, 3.05) is 0 Å². The molecule has 0 unspecified atom stereocenters. The van der Waals surface area contributed by atoms with E-state index in [9.17, 15) is 13.7 Å². The number of hydrogen-bond acceptors (Lipinski definition) is 3. The molecular weight excluding hydrogens is 284 g/mol. The lowest BCUT2D eigenvalue weighted by atomic mass is 9.86. The third kappa shape index (κ3) is 4.05. The maximum Gasteiger partial charge on any atom is 0.241 e. The fourth-order valence-corrected chi connectivity index (χ4v) is 4.16. The highest BCUT2D eigenvalue weighted by Gasteiger charge is 2.35. The molecule has 0 spiro atoms. The summed E-state index contributed by atoms with van der Waals surface area (Å²) in [6, 6.07) is 8.95. The first kappa shape index (κ1) is 16.0. The Morgan fingerprint density at radius 2 is 1.57 bits per heavy atom. The monoisotopic (exact) mass is 306 g/mol. The van der Waals surface area contributed by atoms with Gasteiger partial charge in [-0.15, -0.1) is 0 Å². The molecule has 2 rings (SSSR count). The van der Waals surface area contributed by atoms with Crippen molar-refractivity contribution >= 4 is 10.0 Å². The van der Waals surface area contributed by atoms with Crippen LogP contribution in [0.5, 0.6) is 0 Å². The lowest BCUT2D eigenvalue weighted by molar-refractivity contribution is 0.357. The first-order chi connectivity index (χ1) is 9.97. The Kier molecular flexibility index (Phi) is 5.02. The van der Waals surface area contributed by atoms with Gasteiger partial charge in [0.25, 0.3) is 0 Å². The molecule has 0 heterocycles. The minimum absolute atomic E-state index is 0.227. The number of benzene rings is 1. The van der Waals surface area contributed by atoms with E-state index in [1.807, 2.05) is 6.92 Å². The minimum Gasteiger partial charge on any atom is -0.207 e. The van der Waals surface area contributed by atoms with Gasteiger partial charge in [-0.25, -0.2) is 8.42 Å². The van der Waals surface area contributed by atoms with Crippen molar-refractivity contribution in [1.82, 2.24) is 4.72 Å². The number of nitriles is 1. The van der Waals surface area contributed by atoms with E-state index in [4.69, 9.17) is 0 Å². The normalized spacial score (nSPS) is 19.2. The van der Waals surface area contributed by atoms with Crippen LogP contribution in [0.25, 0.3) is 0 Å². The van der Waals surface area contributed by atoms with E-state index < -0.39 is 15.6 Å². The molecule has 0 saturated heterocycles. The molecule has 1 aliphatic carbocycles. The Balaban J connectivity index is 2.23. The molecule has 1 aromatic carbocycles. The van der Waals surface area contributed by atoms with Crippen LogP contribution < -0.4 is 4.72 Å². The summed E-state index contributed by atoms with van der Waals surface area (Å²) >= 11 is 0. The number of nitrogens with one attached hydrogen (secondary N) is 1. The molecule has 1 saturated carbocycles. The predicted molar refractivity (Wildman–Crippen MR) is 82.2 cm³/mol. The molecular formula is C16H22N2O2S. The molecule has 1 aromatic rings. The van der Waals surface area contributed by atoms with E-state index in [0.717, 1.165) is 31.2 Å². The van der Waals surface area contributed by atoms with Crippen molar-refractivity contribution < 1.29 is 8.42 Å². The average molecular weight is 306 g/mol. The standard InChI is InChI=1S/C16H22N2O2S/c1-14-7-9-15(10-8-14)21(19,20)18-16(13-17)11-5-3-2-4-6-12-16/h7-10,18H,2-6,11-12H2,1H3. The maximum atomic E-state index is 12.5. The Morgan fingerprint density at radius 1 is 1.05 bits per heavy atom. The summed E-state index contributed by atoms with van der Waals surface area (Å²) < 4.78 is 27.7. The summed E-state index contributed by atoms with van der Waals surface area (Å²) in [6.45, 7) is 1.91. The molecule has 1 N–H and O–H groups in total. The molecule has 0 atom stereocenters. The number of aryl methyl sites for hydroxylation is 1. The molecule has 21 heavy (non-hydrogen) atoms. The highest BCUT2D eigenvalue weighted by atomic mass is 32.2. The molecule has 0 aromatic heterocycles. The summed E-state index contributed by atoms with van der Waals surface area (Å²) in [4.78, 5) is 0.227. The molecule has 0 amide bonds. The van der Waals surface area contributed by atoms with Crippen LogP contribution >= 0.6 is 0 Å². The van der Waals surface area contributed by atoms with Gasteiger partial charge in [0, 0.05) is 0 Å².